The summed E-state index contributed by atoms with van der Waals surface area (Å²) in [5.74, 6) is 0.862. The van der Waals surface area contributed by atoms with Gasteiger partial charge in [0.05, 0.1) is 0 Å². The Balaban J connectivity index is 1.71. The highest BCUT2D eigenvalue weighted by molar-refractivity contribution is 7.07. The van der Waals surface area contributed by atoms with Crippen molar-refractivity contribution in [2.75, 3.05) is 6.54 Å². The van der Waals surface area contributed by atoms with Crippen LogP contribution < -0.4 is 0 Å². The fraction of sp³-hybridized carbons (Fsp3) is 0.667. The average Bonchev–Trinajstić information content (AvgIpc) is 3.02. The lowest BCUT2D eigenvalue weighted by atomic mass is 9.88. The third-order valence-corrected chi connectivity index (χ3v) is 5.18. The number of piperidine rings is 1. The number of carbonyl (C=O) groups is 1. The summed E-state index contributed by atoms with van der Waals surface area (Å²) in [5, 5.41) is 4.39. The minimum Gasteiger partial charge on any atom is -0.299 e. The second kappa shape index (κ2) is 5.54. The number of likely N-dealkylation sites (tertiary alicyclic amines) is 1. The third kappa shape index (κ3) is 2.52. The Morgan fingerprint density at radius 1 is 1.28 bits per heavy atom. The van der Waals surface area contributed by atoms with Crippen molar-refractivity contribution in [2.24, 2.45) is 5.92 Å². The summed E-state index contributed by atoms with van der Waals surface area (Å²) in [6.07, 6.45) is 6.89. The Bertz CT molecular complexity index is 401. The zero-order valence-electron chi connectivity index (χ0n) is 10.8. The van der Waals surface area contributed by atoms with Crippen molar-refractivity contribution < 1.29 is 4.79 Å². The maximum atomic E-state index is 12.0. The molecule has 1 aromatic heterocycles. The number of ketones is 1. The molecule has 3 rings (SSSR count). The van der Waals surface area contributed by atoms with E-state index in [4.69, 9.17) is 0 Å². The minimum atomic E-state index is 0.337. The van der Waals surface area contributed by atoms with E-state index in [0.717, 1.165) is 25.8 Å². The number of hydrogen-bond acceptors (Lipinski definition) is 3. The van der Waals surface area contributed by atoms with Crippen LogP contribution in [0.4, 0.5) is 0 Å². The maximum absolute atomic E-state index is 12.0. The molecule has 2 heterocycles. The molecule has 2 atom stereocenters. The van der Waals surface area contributed by atoms with Crippen LogP contribution in [0.15, 0.2) is 16.8 Å². The quantitative estimate of drug-likeness (QED) is 0.832. The van der Waals surface area contributed by atoms with E-state index in [1.807, 2.05) is 0 Å². The highest BCUT2D eigenvalue weighted by Gasteiger charge is 2.36. The van der Waals surface area contributed by atoms with Crippen molar-refractivity contribution >= 4 is 17.1 Å². The Morgan fingerprint density at radius 3 is 2.94 bits per heavy atom. The molecule has 1 saturated heterocycles. The predicted octanol–water partition coefficient (Wildman–Crippen LogP) is 3.47. The van der Waals surface area contributed by atoms with Gasteiger partial charge in [0.2, 0.25) is 0 Å². The third-order valence-electron chi connectivity index (χ3n) is 4.45. The van der Waals surface area contributed by atoms with E-state index in [0.29, 0.717) is 17.7 Å². The molecule has 2 aliphatic rings. The molecule has 0 bridgehead atoms. The molecule has 1 aliphatic carbocycles. The number of thiophene rings is 1. The largest absolute Gasteiger partial charge is 0.299 e. The van der Waals surface area contributed by atoms with Gasteiger partial charge in [0.25, 0.3) is 0 Å². The smallest absolute Gasteiger partial charge is 0.137 e. The fourth-order valence-corrected chi connectivity index (χ4v) is 4.20. The Hall–Kier alpha value is -0.670. The molecule has 0 aromatic carbocycles. The van der Waals surface area contributed by atoms with Crippen molar-refractivity contribution in [3.05, 3.63) is 22.4 Å². The SMILES string of the molecule is O=C1CCCC1C1CCCCN1Cc1ccsc1. The molecule has 1 saturated carbocycles. The summed E-state index contributed by atoms with van der Waals surface area (Å²) in [5.41, 5.74) is 1.41. The molecule has 98 valence electrons. The van der Waals surface area contributed by atoms with Gasteiger partial charge in [-0.1, -0.05) is 6.42 Å². The lowest BCUT2D eigenvalue weighted by molar-refractivity contribution is -0.123. The monoisotopic (exact) mass is 263 g/mol. The summed E-state index contributed by atoms with van der Waals surface area (Å²) >= 11 is 1.77. The molecule has 1 aromatic rings. The lowest BCUT2D eigenvalue weighted by Crippen LogP contribution is -2.44. The first-order chi connectivity index (χ1) is 8.84. The molecule has 18 heavy (non-hydrogen) atoms. The van der Waals surface area contributed by atoms with E-state index in [2.05, 4.69) is 21.7 Å². The number of hydrogen-bond donors (Lipinski definition) is 0. The van der Waals surface area contributed by atoms with Crippen molar-refractivity contribution in [3.63, 3.8) is 0 Å². The number of Topliss-reactive ketones (excluding diaryl/α,β-unsaturated/α-hetero) is 1. The van der Waals surface area contributed by atoms with Gasteiger partial charge < -0.3 is 0 Å². The van der Waals surface area contributed by atoms with Crippen molar-refractivity contribution in [1.82, 2.24) is 4.90 Å². The zero-order valence-corrected chi connectivity index (χ0v) is 11.6. The van der Waals surface area contributed by atoms with Crippen molar-refractivity contribution in [1.29, 1.82) is 0 Å². The molecule has 0 N–H and O–H groups in total. The second-order valence-electron chi connectivity index (χ2n) is 5.63. The molecular formula is C15H21NOS. The summed E-state index contributed by atoms with van der Waals surface area (Å²) < 4.78 is 0. The van der Waals surface area contributed by atoms with Crippen LogP contribution in [0.2, 0.25) is 0 Å². The normalized spacial score (nSPS) is 29.9. The van der Waals surface area contributed by atoms with Crippen LogP contribution >= 0.6 is 11.3 Å². The fourth-order valence-electron chi connectivity index (χ4n) is 3.54. The lowest BCUT2D eigenvalue weighted by Gasteiger charge is -2.38. The van der Waals surface area contributed by atoms with Crippen LogP contribution in [0.3, 0.4) is 0 Å². The van der Waals surface area contributed by atoms with Gasteiger partial charge in [0.15, 0.2) is 0 Å². The zero-order chi connectivity index (χ0) is 12.4. The molecule has 0 amide bonds. The highest BCUT2D eigenvalue weighted by Crippen LogP contribution is 2.33. The first kappa shape index (κ1) is 12.4. The van der Waals surface area contributed by atoms with Crippen molar-refractivity contribution in [3.8, 4) is 0 Å². The van der Waals surface area contributed by atoms with Crippen LogP contribution in [0.5, 0.6) is 0 Å². The van der Waals surface area contributed by atoms with Crippen molar-refractivity contribution in [2.45, 2.75) is 51.1 Å². The summed E-state index contributed by atoms with van der Waals surface area (Å²) in [6.45, 7) is 2.21. The maximum Gasteiger partial charge on any atom is 0.137 e. The molecule has 2 unspecified atom stereocenters. The van der Waals surface area contributed by atoms with Crippen LogP contribution in [0.1, 0.15) is 44.1 Å². The summed E-state index contributed by atoms with van der Waals surface area (Å²) in [4.78, 5) is 14.6. The first-order valence-electron chi connectivity index (χ1n) is 7.12. The molecule has 3 heteroatoms. The van der Waals surface area contributed by atoms with E-state index in [-0.39, 0.29) is 0 Å². The van der Waals surface area contributed by atoms with Crippen LogP contribution in [0.25, 0.3) is 0 Å². The van der Waals surface area contributed by atoms with E-state index in [1.54, 1.807) is 11.3 Å². The van der Waals surface area contributed by atoms with Gasteiger partial charge in [-0.25, -0.2) is 0 Å². The van der Waals surface area contributed by atoms with Crippen LogP contribution in [-0.4, -0.2) is 23.3 Å². The Labute approximate surface area is 113 Å². The molecule has 2 fully saturated rings. The first-order valence-corrected chi connectivity index (χ1v) is 8.07. The van der Waals surface area contributed by atoms with Gasteiger partial charge in [-0.05, 0) is 54.6 Å². The second-order valence-corrected chi connectivity index (χ2v) is 6.41. The van der Waals surface area contributed by atoms with E-state index < -0.39 is 0 Å². The number of carbonyl (C=O) groups excluding carboxylic acids is 1. The topological polar surface area (TPSA) is 20.3 Å². The Kier molecular flexibility index (Phi) is 3.80. The van der Waals surface area contributed by atoms with Gasteiger partial charge >= 0.3 is 0 Å². The highest BCUT2D eigenvalue weighted by atomic mass is 32.1. The molecule has 1 aliphatic heterocycles. The van der Waals surface area contributed by atoms with Crippen LogP contribution in [-0.2, 0) is 11.3 Å². The predicted molar refractivity (Wildman–Crippen MR) is 74.7 cm³/mol. The number of nitrogens with zero attached hydrogens (tertiary/aromatic N) is 1. The van der Waals surface area contributed by atoms with Crippen LogP contribution in [0, 0.1) is 5.92 Å². The van der Waals surface area contributed by atoms with Gasteiger partial charge in [-0.15, -0.1) is 0 Å². The minimum absolute atomic E-state index is 0.337. The number of rotatable bonds is 3. The van der Waals surface area contributed by atoms with E-state index >= 15 is 0 Å². The van der Waals surface area contributed by atoms with Gasteiger partial charge in [-0.2, -0.15) is 11.3 Å². The van der Waals surface area contributed by atoms with Gasteiger partial charge in [0.1, 0.15) is 5.78 Å². The summed E-state index contributed by atoms with van der Waals surface area (Å²) in [6, 6.07) is 2.74. The molecule has 0 spiro atoms. The summed E-state index contributed by atoms with van der Waals surface area (Å²) in [7, 11) is 0. The van der Waals surface area contributed by atoms with Gasteiger partial charge in [-0.3, -0.25) is 9.69 Å². The van der Waals surface area contributed by atoms with E-state index in [1.165, 1.54) is 31.4 Å². The molecular weight excluding hydrogens is 242 g/mol. The van der Waals surface area contributed by atoms with E-state index in [9.17, 15) is 4.79 Å². The molecule has 0 radical (unpaired) electrons. The standard InChI is InChI=1S/C15H21NOS/c17-15-6-3-4-13(15)14-5-1-2-8-16(14)10-12-7-9-18-11-12/h7,9,11,13-14H,1-6,8,10H2. The average molecular weight is 263 g/mol. The molecule has 2 nitrogen and oxygen atoms in total. The van der Waals surface area contributed by atoms with Gasteiger partial charge in [0, 0.05) is 24.9 Å². The Morgan fingerprint density at radius 2 is 2.22 bits per heavy atom.